The molecule has 0 amide bonds. The van der Waals surface area contributed by atoms with Crippen molar-refractivity contribution in [3.05, 3.63) is 0 Å². The van der Waals surface area contributed by atoms with Crippen molar-refractivity contribution in [1.29, 1.82) is 0 Å². The maximum absolute atomic E-state index is 3.39. The fraction of sp³-hybridized carbons (Fsp3) is 1.00. The third-order valence-electron chi connectivity index (χ3n) is 2.08. The molecule has 0 saturated carbocycles. The van der Waals surface area contributed by atoms with Crippen LogP contribution in [0, 0.1) is 5.92 Å². The van der Waals surface area contributed by atoms with Crippen LogP contribution < -0.4 is 5.32 Å². The number of hydrogen-bond acceptors (Lipinski definition) is 2. The van der Waals surface area contributed by atoms with Gasteiger partial charge >= 0.3 is 0 Å². The number of hydrogen-bond donors (Lipinski definition) is 1. The van der Waals surface area contributed by atoms with E-state index in [1.54, 1.807) is 0 Å². The summed E-state index contributed by atoms with van der Waals surface area (Å²) >= 11 is 2.08. The Morgan fingerprint density at radius 2 is 1.92 bits per heavy atom. The molecule has 0 aromatic rings. The van der Waals surface area contributed by atoms with Crippen molar-refractivity contribution in [2.45, 2.75) is 46.1 Å². The molecule has 80 valence electrons. The molecular weight excluding hydrogens is 178 g/mol. The summed E-state index contributed by atoms with van der Waals surface area (Å²) < 4.78 is 0. The van der Waals surface area contributed by atoms with Gasteiger partial charge in [-0.25, -0.2) is 0 Å². The molecule has 0 rings (SSSR count). The van der Waals surface area contributed by atoms with Crippen LogP contribution >= 0.6 is 11.8 Å². The van der Waals surface area contributed by atoms with Crippen molar-refractivity contribution in [2.24, 2.45) is 5.92 Å². The molecule has 13 heavy (non-hydrogen) atoms. The first-order valence-electron chi connectivity index (χ1n) is 5.45. The van der Waals surface area contributed by atoms with Crippen molar-refractivity contribution in [1.82, 2.24) is 5.32 Å². The molecule has 0 fully saturated rings. The van der Waals surface area contributed by atoms with Crippen LogP contribution in [0.1, 0.15) is 40.0 Å². The van der Waals surface area contributed by atoms with Crippen molar-refractivity contribution in [2.75, 3.05) is 18.6 Å². The van der Waals surface area contributed by atoms with E-state index in [1.165, 1.54) is 30.8 Å². The van der Waals surface area contributed by atoms with Gasteiger partial charge in [-0.1, -0.05) is 33.6 Å². The van der Waals surface area contributed by atoms with Gasteiger partial charge in [-0.05, 0) is 25.1 Å². The summed E-state index contributed by atoms with van der Waals surface area (Å²) in [5.74, 6) is 3.40. The van der Waals surface area contributed by atoms with Gasteiger partial charge in [0.25, 0.3) is 0 Å². The van der Waals surface area contributed by atoms with Crippen molar-refractivity contribution >= 4 is 11.8 Å². The summed E-state index contributed by atoms with van der Waals surface area (Å²) in [7, 11) is 2.08. The van der Waals surface area contributed by atoms with E-state index in [0.29, 0.717) is 0 Å². The molecule has 1 unspecified atom stereocenters. The normalized spacial score (nSPS) is 13.6. The topological polar surface area (TPSA) is 12.0 Å². The summed E-state index contributed by atoms with van der Waals surface area (Å²) in [5, 5.41) is 3.39. The average Bonchev–Trinajstić information content (AvgIpc) is 2.10. The van der Waals surface area contributed by atoms with E-state index in [2.05, 4.69) is 44.9 Å². The lowest BCUT2D eigenvalue weighted by atomic mass is 10.1. The van der Waals surface area contributed by atoms with Gasteiger partial charge in [-0.15, -0.1) is 0 Å². The molecule has 0 aromatic heterocycles. The van der Waals surface area contributed by atoms with Gasteiger partial charge in [0.05, 0.1) is 0 Å². The van der Waals surface area contributed by atoms with Crippen LogP contribution in [0.3, 0.4) is 0 Å². The molecule has 1 atom stereocenters. The number of nitrogens with one attached hydrogen (secondary N) is 1. The minimum atomic E-state index is 0.726. The maximum Gasteiger partial charge on any atom is 0.0155 e. The Kier molecular flexibility index (Phi) is 9.10. The molecule has 0 spiro atoms. The standard InChI is InChI=1S/C11H25NS/c1-5-6-7-11(12-4)9-13-8-10(2)3/h10-12H,5-9H2,1-4H3. The molecule has 1 N–H and O–H groups in total. The minimum absolute atomic E-state index is 0.726. The van der Waals surface area contributed by atoms with Crippen LogP contribution in [0.5, 0.6) is 0 Å². The predicted molar refractivity (Wildman–Crippen MR) is 64.5 cm³/mol. The van der Waals surface area contributed by atoms with E-state index in [1.807, 2.05) is 0 Å². The predicted octanol–water partition coefficient (Wildman–Crippen LogP) is 3.15. The van der Waals surface area contributed by atoms with Gasteiger partial charge in [-0.2, -0.15) is 11.8 Å². The quantitative estimate of drug-likeness (QED) is 0.650. The van der Waals surface area contributed by atoms with Gasteiger partial charge in [0.2, 0.25) is 0 Å². The Labute approximate surface area is 88.1 Å². The lowest BCUT2D eigenvalue weighted by Crippen LogP contribution is -2.27. The molecule has 2 heteroatoms. The van der Waals surface area contributed by atoms with Crippen LogP contribution in [0.25, 0.3) is 0 Å². The van der Waals surface area contributed by atoms with Gasteiger partial charge in [0.15, 0.2) is 0 Å². The van der Waals surface area contributed by atoms with Gasteiger partial charge in [0, 0.05) is 11.8 Å². The van der Waals surface area contributed by atoms with Crippen LogP contribution in [-0.2, 0) is 0 Å². The van der Waals surface area contributed by atoms with Crippen LogP contribution in [0.2, 0.25) is 0 Å². The molecule has 0 saturated heterocycles. The maximum atomic E-state index is 3.39. The van der Waals surface area contributed by atoms with Crippen LogP contribution in [0.4, 0.5) is 0 Å². The van der Waals surface area contributed by atoms with E-state index < -0.39 is 0 Å². The van der Waals surface area contributed by atoms with Gasteiger partial charge in [-0.3, -0.25) is 0 Å². The SMILES string of the molecule is CCCCC(CSCC(C)C)NC. The van der Waals surface area contributed by atoms with E-state index in [4.69, 9.17) is 0 Å². The Bertz CT molecular complexity index is 104. The highest BCUT2D eigenvalue weighted by atomic mass is 32.2. The number of unbranched alkanes of at least 4 members (excludes halogenated alkanes) is 1. The fourth-order valence-corrected chi connectivity index (χ4v) is 2.43. The zero-order chi connectivity index (χ0) is 10.1. The Morgan fingerprint density at radius 3 is 2.38 bits per heavy atom. The van der Waals surface area contributed by atoms with Crippen molar-refractivity contribution < 1.29 is 0 Å². The molecule has 0 radical (unpaired) electrons. The largest absolute Gasteiger partial charge is 0.316 e. The first kappa shape index (κ1) is 13.3. The van der Waals surface area contributed by atoms with E-state index in [-0.39, 0.29) is 0 Å². The second-order valence-corrected chi connectivity index (χ2v) is 5.13. The zero-order valence-electron chi connectivity index (χ0n) is 9.60. The molecule has 0 aromatic carbocycles. The molecular formula is C11H25NS. The van der Waals surface area contributed by atoms with Gasteiger partial charge in [0.1, 0.15) is 0 Å². The highest BCUT2D eigenvalue weighted by Gasteiger charge is 2.05. The van der Waals surface area contributed by atoms with Crippen molar-refractivity contribution in [3.63, 3.8) is 0 Å². The molecule has 0 heterocycles. The van der Waals surface area contributed by atoms with E-state index in [9.17, 15) is 0 Å². The lowest BCUT2D eigenvalue weighted by molar-refractivity contribution is 0.543. The summed E-state index contributed by atoms with van der Waals surface area (Å²) in [6, 6.07) is 0.726. The first-order valence-corrected chi connectivity index (χ1v) is 6.61. The second kappa shape index (κ2) is 8.89. The molecule has 0 aliphatic carbocycles. The highest BCUT2D eigenvalue weighted by Crippen LogP contribution is 2.11. The summed E-state index contributed by atoms with van der Waals surface area (Å²) in [6.45, 7) is 6.83. The Hall–Kier alpha value is 0.310. The second-order valence-electron chi connectivity index (χ2n) is 4.06. The van der Waals surface area contributed by atoms with E-state index in [0.717, 1.165) is 12.0 Å². The molecule has 0 aliphatic heterocycles. The Balaban J connectivity index is 3.36. The molecule has 0 aliphatic rings. The third kappa shape index (κ3) is 8.63. The molecule has 0 bridgehead atoms. The summed E-state index contributed by atoms with van der Waals surface area (Å²) in [6.07, 6.45) is 4.00. The summed E-state index contributed by atoms with van der Waals surface area (Å²) in [5.41, 5.74) is 0. The van der Waals surface area contributed by atoms with Gasteiger partial charge < -0.3 is 5.32 Å². The monoisotopic (exact) mass is 203 g/mol. The van der Waals surface area contributed by atoms with Crippen molar-refractivity contribution in [3.8, 4) is 0 Å². The summed E-state index contributed by atoms with van der Waals surface area (Å²) in [4.78, 5) is 0. The minimum Gasteiger partial charge on any atom is -0.316 e. The zero-order valence-corrected chi connectivity index (χ0v) is 10.4. The van der Waals surface area contributed by atoms with Crippen LogP contribution in [-0.4, -0.2) is 24.6 Å². The molecule has 1 nitrogen and oxygen atoms in total. The third-order valence-corrected chi connectivity index (χ3v) is 3.63. The number of rotatable bonds is 8. The van der Waals surface area contributed by atoms with Crippen LogP contribution in [0.15, 0.2) is 0 Å². The fourth-order valence-electron chi connectivity index (χ4n) is 1.21. The highest BCUT2D eigenvalue weighted by molar-refractivity contribution is 7.99. The lowest BCUT2D eigenvalue weighted by Gasteiger charge is -2.15. The average molecular weight is 203 g/mol. The van der Waals surface area contributed by atoms with E-state index >= 15 is 0 Å². The smallest absolute Gasteiger partial charge is 0.0155 e. The Morgan fingerprint density at radius 1 is 1.23 bits per heavy atom. The first-order chi connectivity index (χ1) is 6.20. The number of thioether (sulfide) groups is 1.